The van der Waals surface area contributed by atoms with Crippen molar-refractivity contribution in [3.05, 3.63) is 59.7 Å². The number of carbonyl (C=O) groups excluding carboxylic acids is 1. The number of benzene rings is 2. The van der Waals surface area contributed by atoms with Crippen molar-refractivity contribution < 1.29 is 17.9 Å². The first kappa shape index (κ1) is 21.3. The van der Waals surface area contributed by atoms with Gasteiger partial charge in [-0.05, 0) is 54.7 Å². The SMILES string of the molecule is COc1ccc(CCNC(=O)Cc2ccc(S(=O)(=O)N3CCCCC3)cc2)cc1. The van der Waals surface area contributed by atoms with E-state index in [0.717, 1.165) is 42.6 Å². The van der Waals surface area contributed by atoms with E-state index in [9.17, 15) is 13.2 Å². The molecule has 0 unspecified atom stereocenters. The molecule has 1 saturated heterocycles. The normalized spacial score (nSPS) is 15.1. The maximum atomic E-state index is 12.7. The van der Waals surface area contributed by atoms with Crippen LogP contribution in [-0.2, 0) is 27.7 Å². The summed E-state index contributed by atoms with van der Waals surface area (Å²) in [6, 6.07) is 14.4. The van der Waals surface area contributed by atoms with Crippen LogP contribution in [0.5, 0.6) is 5.75 Å². The van der Waals surface area contributed by atoms with Gasteiger partial charge in [0.2, 0.25) is 15.9 Å². The molecule has 0 atom stereocenters. The lowest BCUT2D eigenvalue weighted by Gasteiger charge is -2.25. The fourth-order valence-corrected chi connectivity index (χ4v) is 4.94. The van der Waals surface area contributed by atoms with Gasteiger partial charge in [-0.1, -0.05) is 30.7 Å². The molecule has 0 radical (unpaired) electrons. The molecule has 1 fully saturated rings. The molecule has 0 saturated carbocycles. The predicted molar refractivity (Wildman–Crippen MR) is 112 cm³/mol. The zero-order chi connectivity index (χ0) is 20.7. The molecule has 7 heteroatoms. The van der Waals surface area contributed by atoms with Gasteiger partial charge in [0.05, 0.1) is 18.4 Å². The molecule has 1 heterocycles. The van der Waals surface area contributed by atoms with E-state index >= 15 is 0 Å². The van der Waals surface area contributed by atoms with Crippen molar-refractivity contribution in [2.24, 2.45) is 0 Å². The number of ether oxygens (including phenoxy) is 1. The molecule has 0 bridgehead atoms. The number of hydrogen-bond acceptors (Lipinski definition) is 4. The number of piperidine rings is 1. The Morgan fingerprint density at radius 2 is 1.59 bits per heavy atom. The third-order valence-corrected chi connectivity index (χ3v) is 7.05. The third kappa shape index (κ3) is 5.81. The average molecular weight is 417 g/mol. The molecule has 0 aromatic heterocycles. The van der Waals surface area contributed by atoms with E-state index < -0.39 is 10.0 Å². The van der Waals surface area contributed by atoms with Crippen molar-refractivity contribution in [2.75, 3.05) is 26.7 Å². The molecule has 2 aromatic rings. The minimum Gasteiger partial charge on any atom is -0.497 e. The molecular formula is C22H28N2O4S. The van der Waals surface area contributed by atoms with Crippen molar-refractivity contribution in [2.45, 2.75) is 37.0 Å². The molecule has 1 aliphatic rings. The monoisotopic (exact) mass is 416 g/mol. The first-order valence-corrected chi connectivity index (χ1v) is 11.4. The van der Waals surface area contributed by atoms with Crippen LogP contribution in [0.15, 0.2) is 53.4 Å². The van der Waals surface area contributed by atoms with Crippen LogP contribution in [0.4, 0.5) is 0 Å². The van der Waals surface area contributed by atoms with Gasteiger partial charge in [0.1, 0.15) is 5.75 Å². The van der Waals surface area contributed by atoms with Crippen LogP contribution in [0.25, 0.3) is 0 Å². The number of nitrogens with one attached hydrogen (secondary N) is 1. The topological polar surface area (TPSA) is 75.7 Å². The van der Waals surface area contributed by atoms with Crippen LogP contribution in [-0.4, -0.2) is 45.4 Å². The molecule has 156 valence electrons. The van der Waals surface area contributed by atoms with E-state index in [1.165, 1.54) is 0 Å². The highest BCUT2D eigenvalue weighted by Gasteiger charge is 2.25. The fraction of sp³-hybridized carbons (Fsp3) is 0.409. The lowest BCUT2D eigenvalue weighted by molar-refractivity contribution is -0.120. The van der Waals surface area contributed by atoms with Crippen LogP contribution >= 0.6 is 0 Å². The molecule has 0 aliphatic carbocycles. The summed E-state index contributed by atoms with van der Waals surface area (Å²) in [6.45, 7) is 1.72. The van der Waals surface area contributed by atoms with Crippen molar-refractivity contribution in [3.8, 4) is 5.75 Å². The molecule has 1 aliphatic heterocycles. The summed E-state index contributed by atoms with van der Waals surface area (Å²) < 4.78 is 32.0. The summed E-state index contributed by atoms with van der Waals surface area (Å²) in [5.41, 5.74) is 1.92. The fourth-order valence-electron chi connectivity index (χ4n) is 3.42. The molecule has 29 heavy (non-hydrogen) atoms. The Morgan fingerprint density at radius 3 is 2.21 bits per heavy atom. The minimum absolute atomic E-state index is 0.0786. The van der Waals surface area contributed by atoms with Crippen molar-refractivity contribution >= 4 is 15.9 Å². The van der Waals surface area contributed by atoms with Gasteiger partial charge < -0.3 is 10.1 Å². The van der Waals surface area contributed by atoms with Gasteiger partial charge >= 0.3 is 0 Å². The van der Waals surface area contributed by atoms with Gasteiger partial charge in [-0.25, -0.2) is 8.42 Å². The van der Waals surface area contributed by atoms with Gasteiger partial charge in [0, 0.05) is 19.6 Å². The highest BCUT2D eigenvalue weighted by molar-refractivity contribution is 7.89. The second kappa shape index (κ2) is 9.89. The van der Waals surface area contributed by atoms with Crippen molar-refractivity contribution in [3.63, 3.8) is 0 Å². The predicted octanol–water partition coefficient (Wildman–Crippen LogP) is 2.77. The van der Waals surface area contributed by atoms with Gasteiger partial charge in [-0.2, -0.15) is 4.31 Å². The van der Waals surface area contributed by atoms with Crippen LogP contribution in [0, 0.1) is 0 Å². The summed E-state index contributed by atoms with van der Waals surface area (Å²) in [6.07, 6.45) is 3.87. The zero-order valence-electron chi connectivity index (χ0n) is 16.8. The number of hydrogen-bond donors (Lipinski definition) is 1. The molecule has 1 amide bonds. The summed E-state index contributed by atoms with van der Waals surface area (Å²) in [5.74, 6) is 0.730. The van der Waals surface area contributed by atoms with Crippen LogP contribution in [0.3, 0.4) is 0 Å². The van der Waals surface area contributed by atoms with E-state index in [1.54, 1.807) is 35.7 Å². The smallest absolute Gasteiger partial charge is 0.243 e. The Morgan fingerprint density at radius 1 is 0.966 bits per heavy atom. The first-order valence-electron chi connectivity index (χ1n) is 9.98. The highest BCUT2D eigenvalue weighted by Crippen LogP contribution is 2.21. The van der Waals surface area contributed by atoms with E-state index in [2.05, 4.69) is 5.32 Å². The van der Waals surface area contributed by atoms with E-state index in [4.69, 9.17) is 4.74 Å². The Labute approximate surface area is 172 Å². The lowest BCUT2D eigenvalue weighted by Crippen LogP contribution is -2.35. The second-order valence-corrected chi connectivity index (χ2v) is 9.17. The standard InChI is InChI=1S/C22H28N2O4S/c1-28-20-9-5-18(6-10-20)13-14-23-22(25)17-19-7-11-21(12-8-19)29(26,27)24-15-3-2-4-16-24/h5-12H,2-4,13-17H2,1H3,(H,23,25). The van der Waals surface area contributed by atoms with Crippen LogP contribution in [0.2, 0.25) is 0 Å². The van der Waals surface area contributed by atoms with Gasteiger partial charge in [-0.15, -0.1) is 0 Å². The summed E-state index contributed by atoms with van der Waals surface area (Å²) in [5, 5.41) is 2.91. The number of nitrogens with zero attached hydrogens (tertiary/aromatic N) is 1. The first-order chi connectivity index (χ1) is 14.0. The Hall–Kier alpha value is -2.38. The lowest BCUT2D eigenvalue weighted by atomic mass is 10.1. The summed E-state index contributed by atoms with van der Waals surface area (Å²) in [7, 11) is -1.80. The second-order valence-electron chi connectivity index (χ2n) is 7.23. The number of carbonyl (C=O) groups is 1. The quantitative estimate of drug-likeness (QED) is 0.718. The number of amides is 1. The Bertz CT molecular complexity index is 903. The Kier molecular flexibility index (Phi) is 7.28. The van der Waals surface area contributed by atoms with E-state index in [1.807, 2.05) is 24.3 Å². The van der Waals surface area contributed by atoms with E-state index in [0.29, 0.717) is 24.5 Å². The highest BCUT2D eigenvalue weighted by atomic mass is 32.2. The molecule has 1 N–H and O–H groups in total. The largest absolute Gasteiger partial charge is 0.497 e. The molecule has 6 nitrogen and oxygen atoms in total. The van der Waals surface area contributed by atoms with Gasteiger partial charge in [0.25, 0.3) is 0 Å². The van der Waals surface area contributed by atoms with Crippen molar-refractivity contribution in [1.82, 2.24) is 9.62 Å². The van der Waals surface area contributed by atoms with E-state index in [-0.39, 0.29) is 12.3 Å². The molecule has 3 rings (SSSR count). The van der Waals surface area contributed by atoms with Gasteiger partial charge in [-0.3, -0.25) is 4.79 Å². The minimum atomic E-state index is -3.43. The third-order valence-electron chi connectivity index (χ3n) is 5.14. The van der Waals surface area contributed by atoms with Crippen LogP contribution in [0.1, 0.15) is 30.4 Å². The van der Waals surface area contributed by atoms with Crippen molar-refractivity contribution in [1.29, 1.82) is 0 Å². The summed E-state index contributed by atoms with van der Waals surface area (Å²) >= 11 is 0. The maximum absolute atomic E-state index is 12.7. The molecule has 0 spiro atoms. The average Bonchev–Trinajstić information content (AvgIpc) is 2.75. The zero-order valence-corrected chi connectivity index (χ0v) is 17.6. The number of methoxy groups -OCH3 is 1. The summed E-state index contributed by atoms with van der Waals surface area (Å²) in [4.78, 5) is 12.5. The Balaban J connectivity index is 1.49. The maximum Gasteiger partial charge on any atom is 0.243 e. The van der Waals surface area contributed by atoms with Gasteiger partial charge in [0.15, 0.2) is 0 Å². The number of sulfonamides is 1. The van der Waals surface area contributed by atoms with Crippen LogP contribution < -0.4 is 10.1 Å². The molecular weight excluding hydrogens is 388 g/mol. The molecule has 2 aromatic carbocycles. The number of rotatable bonds is 8.